The van der Waals surface area contributed by atoms with Crippen molar-refractivity contribution >= 4 is 35.3 Å². The predicted octanol–water partition coefficient (Wildman–Crippen LogP) is 5.68. The van der Waals surface area contributed by atoms with Gasteiger partial charge in [0.1, 0.15) is 28.2 Å². The van der Waals surface area contributed by atoms with E-state index in [9.17, 15) is 14.4 Å². The van der Waals surface area contributed by atoms with Crippen LogP contribution in [0, 0.1) is 5.92 Å². The number of hydrogen-bond acceptors (Lipinski definition) is 6. The summed E-state index contributed by atoms with van der Waals surface area (Å²) < 4.78 is 10.3. The van der Waals surface area contributed by atoms with Gasteiger partial charge in [-0.1, -0.05) is 54.1 Å². The zero-order valence-corrected chi connectivity index (χ0v) is 22.9. The topological polar surface area (TPSA) is 122 Å². The second-order valence-corrected chi connectivity index (χ2v) is 10.1. The summed E-state index contributed by atoms with van der Waals surface area (Å²) >= 11 is 6.48. The molecule has 0 aliphatic rings. The highest BCUT2D eigenvalue weighted by Crippen LogP contribution is 2.28. The fraction of sp³-hybridized carbons (Fsp3) is 0.357. The lowest BCUT2D eigenvalue weighted by atomic mass is 10.0. The van der Waals surface area contributed by atoms with Crippen LogP contribution in [-0.2, 0) is 25.5 Å². The molecule has 2 aromatic carbocycles. The molecule has 202 valence electrons. The highest BCUT2D eigenvalue weighted by molar-refractivity contribution is 6.31. The van der Waals surface area contributed by atoms with Crippen molar-refractivity contribution in [2.45, 2.75) is 52.7 Å². The molecule has 0 radical (unpaired) electrons. The Morgan fingerprint density at radius 3 is 2.32 bits per heavy atom. The molecule has 2 amide bonds. The third-order valence-corrected chi connectivity index (χ3v) is 5.73. The molecule has 0 aliphatic heterocycles. The maximum absolute atomic E-state index is 12.5. The zero-order chi connectivity index (χ0) is 27.9. The molecule has 0 bridgehead atoms. The summed E-state index contributed by atoms with van der Waals surface area (Å²) in [5.41, 5.74) is 2.04. The number of halogens is 1. The fourth-order valence-corrected chi connectivity index (χ4v) is 3.86. The number of H-pyrrole nitrogens is 1. The van der Waals surface area contributed by atoms with Crippen LogP contribution in [-0.4, -0.2) is 40.1 Å². The Balaban J connectivity index is 1.74. The standard InChI is InChI=1S/C28H33ClN4O5/c1-6-37-26(35)17(2)25(34)30-20-14-12-19(13-15-20)23-24(29)33-22(32-23)16-21(18-10-8-7-9-11-18)31-27(36)38-28(3,4)5/h7-15,17,21H,6,16H2,1-5H3,(H,30,34)(H,31,36)(H,32,33)/t17?,21-/m0/s1. The molecule has 0 saturated heterocycles. The molecular weight excluding hydrogens is 508 g/mol. The average Bonchev–Trinajstić information content (AvgIpc) is 3.23. The van der Waals surface area contributed by atoms with Gasteiger partial charge in [-0.15, -0.1) is 0 Å². The van der Waals surface area contributed by atoms with Crippen molar-refractivity contribution in [2.75, 3.05) is 11.9 Å². The van der Waals surface area contributed by atoms with Gasteiger partial charge in [-0.25, -0.2) is 9.78 Å². The van der Waals surface area contributed by atoms with Crippen molar-refractivity contribution in [3.8, 4) is 11.3 Å². The van der Waals surface area contributed by atoms with Crippen molar-refractivity contribution in [1.82, 2.24) is 15.3 Å². The van der Waals surface area contributed by atoms with Gasteiger partial charge in [0, 0.05) is 17.7 Å². The molecule has 3 aromatic rings. The van der Waals surface area contributed by atoms with Crippen molar-refractivity contribution in [2.24, 2.45) is 5.92 Å². The number of carbonyl (C=O) groups is 3. The first kappa shape index (κ1) is 28.7. The van der Waals surface area contributed by atoms with E-state index in [1.807, 2.05) is 30.3 Å². The quantitative estimate of drug-likeness (QED) is 0.237. The zero-order valence-electron chi connectivity index (χ0n) is 22.1. The molecule has 9 nitrogen and oxygen atoms in total. The second-order valence-electron chi connectivity index (χ2n) is 9.70. The number of anilines is 1. The van der Waals surface area contributed by atoms with Gasteiger partial charge < -0.3 is 25.1 Å². The van der Waals surface area contributed by atoms with Crippen molar-refractivity contribution in [1.29, 1.82) is 0 Å². The number of nitrogens with zero attached hydrogens (tertiary/aromatic N) is 1. The van der Waals surface area contributed by atoms with Crippen LogP contribution < -0.4 is 10.6 Å². The summed E-state index contributed by atoms with van der Waals surface area (Å²) in [6.07, 6.45) is -0.179. The van der Waals surface area contributed by atoms with Gasteiger partial charge in [0.05, 0.1) is 12.6 Å². The summed E-state index contributed by atoms with van der Waals surface area (Å²) in [6.45, 7) is 8.81. The number of ether oxygens (including phenoxy) is 2. The van der Waals surface area contributed by atoms with Crippen LogP contribution >= 0.6 is 11.6 Å². The molecule has 2 atom stereocenters. The number of hydrogen-bond donors (Lipinski definition) is 3. The summed E-state index contributed by atoms with van der Waals surface area (Å²) in [4.78, 5) is 44.4. The molecule has 0 saturated carbocycles. The molecule has 0 spiro atoms. The maximum atomic E-state index is 12.5. The van der Waals surface area contributed by atoms with Crippen LogP contribution in [0.15, 0.2) is 54.6 Å². The molecule has 3 N–H and O–H groups in total. The molecule has 1 aromatic heterocycles. The Bertz CT molecular complexity index is 1250. The summed E-state index contributed by atoms with van der Waals surface area (Å²) in [5.74, 6) is -1.38. The Morgan fingerprint density at radius 1 is 1.05 bits per heavy atom. The number of imidazole rings is 1. The smallest absolute Gasteiger partial charge is 0.408 e. The number of aromatic amines is 1. The second kappa shape index (κ2) is 12.6. The number of esters is 1. The number of nitrogens with one attached hydrogen (secondary N) is 3. The van der Waals surface area contributed by atoms with E-state index in [-0.39, 0.29) is 6.61 Å². The van der Waals surface area contributed by atoms with E-state index in [0.29, 0.717) is 28.8 Å². The number of carbonyl (C=O) groups excluding carboxylic acids is 3. The SMILES string of the molecule is CCOC(=O)C(C)C(=O)Nc1ccc(-c2nc(C[C@H](NC(=O)OC(C)(C)C)c3ccccc3)[nH]c2Cl)cc1. The van der Waals surface area contributed by atoms with E-state index < -0.39 is 35.5 Å². The summed E-state index contributed by atoms with van der Waals surface area (Å²) in [5, 5.41) is 5.97. The Hall–Kier alpha value is -3.85. The van der Waals surface area contributed by atoms with Crippen molar-refractivity contribution < 1.29 is 23.9 Å². The minimum atomic E-state index is -0.926. The lowest BCUT2D eigenvalue weighted by molar-refractivity contribution is -0.150. The molecular formula is C28H33ClN4O5. The normalized spacial score (nSPS) is 12.8. The Kier molecular flexibility index (Phi) is 9.52. The van der Waals surface area contributed by atoms with Crippen LogP contribution in [0.25, 0.3) is 11.3 Å². The third-order valence-electron chi connectivity index (χ3n) is 5.46. The lowest BCUT2D eigenvalue weighted by Crippen LogP contribution is -2.35. The van der Waals surface area contributed by atoms with Crippen molar-refractivity contribution in [3.63, 3.8) is 0 Å². The largest absolute Gasteiger partial charge is 0.465 e. The minimum Gasteiger partial charge on any atom is -0.465 e. The molecule has 1 unspecified atom stereocenters. The monoisotopic (exact) mass is 540 g/mol. The average molecular weight is 541 g/mol. The minimum absolute atomic E-state index is 0.209. The Labute approximate surface area is 227 Å². The van der Waals surface area contributed by atoms with Crippen LogP contribution in [0.1, 0.15) is 52.0 Å². The first-order chi connectivity index (χ1) is 18.0. The van der Waals surface area contributed by atoms with Gasteiger partial charge in [0.25, 0.3) is 0 Å². The summed E-state index contributed by atoms with van der Waals surface area (Å²) in [7, 11) is 0. The molecule has 1 heterocycles. The lowest BCUT2D eigenvalue weighted by Gasteiger charge is -2.23. The van der Waals surface area contributed by atoms with E-state index in [1.165, 1.54) is 6.92 Å². The van der Waals surface area contributed by atoms with Gasteiger partial charge >= 0.3 is 12.1 Å². The molecule has 3 rings (SSSR count). The van der Waals surface area contributed by atoms with Crippen LogP contribution in [0.4, 0.5) is 10.5 Å². The van der Waals surface area contributed by atoms with Crippen LogP contribution in [0.2, 0.25) is 5.15 Å². The highest BCUT2D eigenvalue weighted by atomic mass is 35.5. The fourth-order valence-electron chi connectivity index (χ4n) is 3.60. The highest BCUT2D eigenvalue weighted by Gasteiger charge is 2.24. The van der Waals surface area contributed by atoms with Gasteiger partial charge in [0.2, 0.25) is 5.91 Å². The third kappa shape index (κ3) is 8.08. The van der Waals surface area contributed by atoms with E-state index in [1.54, 1.807) is 52.0 Å². The number of aromatic nitrogens is 2. The van der Waals surface area contributed by atoms with Crippen LogP contribution in [0.5, 0.6) is 0 Å². The van der Waals surface area contributed by atoms with E-state index in [0.717, 1.165) is 11.1 Å². The first-order valence-electron chi connectivity index (χ1n) is 12.3. The van der Waals surface area contributed by atoms with Crippen LogP contribution in [0.3, 0.4) is 0 Å². The van der Waals surface area contributed by atoms with Gasteiger partial charge in [-0.05, 0) is 52.3 Å². The van der Waals surface area contributed by atoms with Gasteiger partial charge in [-0.2, -0.15) is 0 Å². The molecule has 0 aliphatic carbocycles. The van der Waals surface area contributed by atoms with E-state index in [4.69, 9.17) is 21.1 Å². The Morgan fingerprint density at radius 2 is 1.71 bits per heavy atom. The van der Waals surface area contributed by atoms with Gasteiger partial charge in [-0.3, -0.25) is 9.59 Å². The number of alkyl carbamates (subject to hydrolysis) is 1. The van der Waals surface area contributed by atoms with E-state index >= 15 is 0 Å². The summed E-state index contributed by atoms with van der Waals surface area (Å²) in [6, 6.07) is 16.1. The predicted molar refractivity (Wildman–Crippen MR) is 146 cm³/mol. The van der Waals surface area contributed by atoms with Crippen molar-refractivity contribution in [3.05, 3.63) is 71.1 Å². The maximum Gasteiger partial charge on any atom is 0.408 e. The number of benzene rings is 2. The molecule has 38 heavy (non-hydrogen) atoms. The molecule has 0 fully saturated rings. The molecule has 10 heteroatoms. The van der Waals surface area contributed by atoms with Gasteiger partial charge in [0.15, 0.2) is 0 Å². The number of amides is 2. The number of rotatable bonds is 9. The van der Waals surface area contributed by atoms with E-state index in [2.05, 4.69) is 20.6 Å². The first-order valence-corrected chi connectivity index (χ1v) is 12.7.